The van der Waals surface area contributed by atoms with E-state index >= 15 is 0 Å². The maximum atomic E-state index is 6.76. The van der Waals surface area contributed by atoms with Crippen molar-refractivity contribution in [2.45, 2.75) is 121 Å². The minimum absolute atomic E-state index is 0.156. The summed E-state index contributed by atoms with van der Waals surface area (Å²) >= 11 is 0. The molecule has 2 heteroatoms. The fourth-order valence-electron chi connectivity index (χ4n) is 12.4. The molecule has 7 atom stereocenters. The van der Waals surface area contributed by atoms with Crippen LogP contribution in [0.3, 0.4) is 0 Å². The summed E-state index contributed by atoms with van der Waals surface area (Å²) in [6, 6.07) is 9.38. The van der Waals surface area contributed by atoms with Crippen LogP contribution < -0.4 is 10.4 Å². The van der Waals surface area contributed by atoms with Crippen LogP contribution in [0.15, 0.2) is 165 Å². The number of allylic oxidation sites excluding steroid dienone is 18. The molecule has 0 saturated carbocycles. The Hall–Kier alpha value is -4.56. The molecule has 9 aliphatic carbocycles. The van der Waals surface area contributed by atoms with Crippen molar-refractivity contribution in [3.05, 3.63) is 176 Å². The molecule has 11 rings (SSSR count). The van der Waals surface area contributed by atoms with E-state index in [-0.39, 0.29) is 6.10 Å². The lowest BCUT2D eigenvalue weighted by Gasteiger charge is -2.42. The zero-order valence-electron chi connectivity index (χ0n) is 34.5. The van der Waals surface area contributed by atoms with Crippen LogP contribution in [0.5, 0.6) is 0 Å². The van der Waals surface area contributed by atoms with E-state index in [1.54, 1.807) is 39.3 Å². The molecule has 0 amide bonds. The Morgan fingerprint density at radius 1 is 0.638 bits per heavy atom. The molecule has 0 bridgehead atoms. The van der Waals surface area contributed by atoms with Crippen LogP contribution >= 0.6 is 0 Å². The topological polar surface area (TPSA) is 12.5 Å². The van der Waals surface area contributed by atoms with Gasteiger partial charge in [0.15, 0.2) is 0 Å². The summed E-state index contributed by atoms with van der Waals surface area (Å²) in [4.78, 5) is 2.84. The molecule has 0 saturated heterocycles. The summed E-state index contributed by atoms with van der Waals surface area (Å²) < 4.78 is 6.76. The Kier molecular flexibility index (Phi) is 10.0. The van der Waals surface area contributed by atoms with Crippen LogP contribution in [-0.4, -0.2) is 17.0 Å². The van der Waals surface area contributed by atoms with E-state index in [2.05, 4.69) is 126 Å². The minimum Gasteiger partial charge on any atom is -0.485 e. The third-order valence-corrected chi connectivity index (χ3v) is 15.6. The third kappa shape index (κ3) is 7.03. The van der Waals surface area contributed by atoms with Crippen LogP contribution in [-0.2, 0) is 4.74 Å². The Morgan fingerprint density at radius 3 is 2.41 bits per heavy atom. The summed E-state index contributed by atoms with van der Waals surface area (Å²) in [5, 5.41) is 2.83. The van der Waals surface area contributed by atoms with E-state index in [9.17, 15) is 0 Å². The summed E-state index contributed by atoms with van der Waals surface area (Å²) in [6.45, 7) is 0. The first-order valence-corrected chi connectivity index (χ1v) is 23.3. The van der Waals surface area contributed by atoms with Crippen molar-refractivity contribution in [1.82, 2.24) is 4.90 Å². The number of fused-ring (bicyclic) bond motifs is 3. The van der Waals surface area contributed by atoms with Crippen molar-refractivity contribution < 1.29 is 4.74 Å². The van der Waals surface area contributed by atoms with Gasteiger partial charge in [0.1, 0.15) is 11.9 Å². The first-order valence-electron chi connectivity index (χ1n) is 23.3. The van der Waals surface area contributed by atoms with E-state index in [1.165, 1.54) is 91.6 Å². The summed E-state index contributed by atoms with van der Waals surface area (Å²) in [5.74, 6) is 4.14. The third-order valence-electron chi connectivity index (χ3n) is 15.6. The first kappa shape index (κ1) is 36.5. The van der Waals surface area contributed by atoms with Crippen molar-refractivity contribution in [2.75, 3.05) is 0 Å². The van der Waals surface area contributed by atoms with Crippen molar-refractivity contribution in [2.24, 2.45) is 29.6 Å². The number of ether oxygens (including phenoxy) is 1. The van der Waals surface area contributed by atoms with Crippen LogP contribution in [0.2, 0.25) is 0 Å². The fourth-order valence-corrected chi connectivity index (χ4v) is 12.4. The average molecular weight is 764 g/mol. The van der Waals surface area contributed by atoms with Gasteiger partial charge in [0, 0.05) is 22.9 Å². The molecule has 0 aromatic heterocycles. The second-order valence-corrected chi connectivity index (χ2v) is 18.8. The molecule has 1 aliphatic heterocycles. The number of hydrogen-bond acceptors (Lipinski definition) is 2. The van der Waals surface area contributed by atoms with Crippen LogP contribution in [0.4, 0.5) is 0 Å². The van der Waals surface area contributed by atoms with Crippen molar-refractivity contribution in [3.8, 4) is 0 Å². The van der Waals surface area contributed by atoms with Gasteiger partial charge in [0.25, 0.3) is 0 Å². The minimum atomic E-state index is 0.156. The summed E-state index contributed by atoms with van der Waals surface area (Å²) in [7, 11) is 0. The smallest absolute Gasteiger partial charge is 0.127 e. The van der Waals surface area contributed by atoms with Gasteiger partial charge < -0.3 is 9.64 Å². The van der Waals surface area contributed by atoms with Crippen molar-refractivity contribution in [1.29, 1.82) is 0 Å². The zero-order valence-corrected chi connectivity index (χ0v) is 34.5. The van der Waals surface area contributed by atoms with Gasteiger partial charge in [0.2, 0.25) is 0 Å². The van der Waals surface area contributed by atoms with Crippen molar-refractivity contribution >= 4 is 12.2 Å². The highest BCUT2D eigenvalue weighted by Crippen LogP contribution is 2.48. The molecule has 296 valence electrons. The van der Waals surface area contributed by atoms with E-state index in [0.29, 0.717) is 29.7 Å². The zero-order chi connectivity index (χ0) is 38.4. The van der Waals surface area contributed by atoms with Gasteiger partial charge in [-0.25, -0.2) is 0 Å². The molecule has 0 fully saturated rings. The molecular weight excluding hydrogens is 703 g/mol. The largest absolute Gasteiger partial charge is 0.485 e. The number of rotatable bonds is 7. The van der Waals surface area contributed by atoms with Gasteiger partial charge in [0.05, 0.1) is 6.04 Å². The van der Waals surface area contributed by atoms with Crippen LogP contribution in [0, 0.1) is 29.6 Å². The Balaban J connectivity index is 0.838. The van der Waals surface area contributed by atoms with Crippen molar-refractivity contribution in [3.63, 3.8) is 0 Å². The Labute approximate surface area is 347 Å². The van der Waals surface area contributed by atoms with Gasteiger partial charge in [-0.3, -0.25) is 0 Å². The molecule has 58 heavy (non-hydrogen) atoms. The maximum absolute atomic E-state index is 6.76. The molecule has 0 radical (unpaired) electrons. The highest BCUT2D eigenvalue weighted by Gasteiger charge is 2.40. The van der Waals surface area contributed by atoms with Gasteiger partial charge in [-0.2, -0.15) is 0 Å². The second-order valence-electron chi connectivity index (χ2n) is 18.8. The second kappa shape index (κ2) is 15.9. The molecule has 10 aliphatic rings. The Morgan fingerprint density at radius 2 is 1.57 bits per heavy atom. The Bertz CT molecular complexity index is 2360. The molecule has 0 spiro atoms. The lowest BCUT2D eigenvalue weighted by Crippen LogP contribution is -2.37. The van der Waals surface area contributed by atoms with Gasteiger partial charge in [-0.15, -0.1) is 0 Å². The number of hydrogen-bond donors (Lipinski definition) is 0. The molecule has 0 N–H and O–H groups in total. The molecule has 1 heterocycles. The average Bonchev–Trinajstić information content (AvgIpc) is 3.68. The van der Waals surface area contributed by atoms with Gasteiger partial charge >= 0.3 is 0 Å². The molecule has 2 nitrogen and oxygen atoms in total. The monoisotopic (exact) mass is 763 g/mol. The normalized spacial score (nSPS) is 32.4. The van der Waals surface area contributed by atoms with E-state index in [0.717, 1.165) is 50.9 Å². The molecule has 5 unspecified atom stereocenters. The summed E-state index contributed by atoms with van der Waals surface area (Å²) in [6.07, 6.45) is 60.2. The quantitative estimate of drug-likeness (QED) is 0.257. The highest BCUT2D eigenvalue weighted by molar-refractivity contribution is 5.54. The predicted octanol–water partition coefficient (Wildman–Crippen LogP) is 12.4. The SMILES string of the molecule is C1=CCCC(C2=CCCC3=C2OC2C=CC(C4CC=C(N(C5=CC=C([C@@H]6CCC7=C(CCC=C7)C6)CC5)C5C=C[C@H](C6C=c7ccccc7=CC6)CC5)CC4)=CC32)=C1. The van der Waals surface area contributed by atoms with Gasteiger partial charge in [-0.05, 0) is 178 Å². The summed E-state index contributed by atoms with van der Waals surface area (Å²) in [5.41, 5.74) is 14.2. The van der Waals surface area contributed by atoms with Gasteiger partial charge in [-0.1, -0.05) is 120 Å². The fraction of sp³-hybridized carbons (Fsp3) is 0.429. The lowest BCUT2D eigenvalue weighted by atomic mass is 9.75. The van der Waals surface area contributed by atoms with E-state index < -0.39 is 0 Å². The highest BCUT2D eigenvalue weighted by atomic mass is 16.5. The molecular formula is C56H61NO. The number of nitrogens with zero attached hydrogens (tertiary/aromatic N) is 1. The standard InChI is InChI=1S/C56H61NO/c1-2-11-43(12-3-1)52-15-8-16-53-54-37-48(27-34-55(54)58-56(52)53)42-25-32-51(33-26-42)57(49-28-21-40(22-29-49)46-19-17-38-9-4-6-13-44(38)35-46)50-30-23-41(24-31-50)47-20-18-39-10-5-7-14-45(39)36-47/h1-2,4-6,9-11,13,15,17,21,23,27-28,30,32,34-35,37,40,42,46-47,49,54-55H,3,7-8,12,14,16,18-20,22,24-26,29,31,33,36H2/t40-,42?,46?,47+,49?,54?,55?/m0/s1. The molecule has 1 aromatic carbocycles. The van der Waals surface area contributed by atoms with E-state index in [1.807, 2.05) is 0 Å². The lowest BCUT2D eigenvalue weighted by molar-refractivity contribution is 0.170. The predicted molar refractivity (Wildman–Crippen MR) is 240 cm³/mol. The van der Waals surface area contributed by atoms with E-state index in [4.69, 9.17) is 4.74 Å². The maximum Gasteiger partial charge on any atom is 0.127 e. The first-order chi connectivity index (χ1) is 28.7. The van der Waals surface area contributed by atoms with Crippen LogP contribution in [0.1, 0.15) is 109 Å². The molecule has 1 aromatic rings. The van der Waals surface area contributed by atoms with Crippen LogP contribution in [0.25, 0.3) is 12.2 Å². The number of benzene rings is 1.